The molecule has 0 aliphatic rings. The number of nitrogens with one attached hydrogen (secondary N) is 1. The third-order valence-corrected chi connectivity index (χ3v) is 4.81. The quantitative estimate of drug-likeness (QED) is 0.526. The minimum absolute atomic E-state index is 0.217. The maximum absolute atomic E-state index is 4.94. The van der Waals surface area contributed by atoms with Crippen LogP contribution in [0.4, 0.5) is 5.82 Å². The molecule has 0 fully saturated rings. The van der Waals surface area contributed by atoms with Gasteiger partial charge in [0, 0.05) is 18.7 Å². The van der Waals surface area contributed by atoms with E-state index in [9.17, 15) is 0 Å². The summed E-state index contributed by atoms with van der Waals surface area (Å²) in [7, 11) is 0. The van der Waals surface area contributed by atoms with E-state index in [0.717, 1.165) is 23.7 Å². The van der Waals surface area contributed by atoms with Crippen molar-refractivity contribution in [1.29, 1.82) is 0 Å². The Morgan fingerprint density at radius 3 is 2.35 bits per heavy atom. The monoisotopic (exact) mass is 341 g/mol. The third-order valence-electron chi connectivity index (χ3n) is 4.81. The zero-order valence-electron chi connectivity index (χ0n) is 15.2. The Morgan fingerprint density at radius 1 is 0.923 bits per heavy atom. The normalized spacial score (nSPS) is 12.2. The first-order valence-electron chi connectivity index (χ1n) is 9.04. The molecule has 0 radical (unpaired) electrons. The molecule has 3 heteroatoms. The van der Waals surface area contributed by atoms with Crippen LogP contribution in [0.1, 0.15) is 35.2 Å². The number of aryl methyl sites for hydroxylation is 1. The van der Waals surface area contributed by atoms with Crippen molar-refractivity contribution in [3.8, 4) is 0 Å². The van der Waals surface area contributed by atoms with Crippen LogP contribution in [0.15, 0.2) is 79.0 Å². The second kappa shape index (κ2) is 7.04. The summed E-state index contributed by atoms with van der Waals surface area (Å²) in [6.07, 6.45) is 2.15. The van der Waals surface area contributed by atoms with Crippen molar-refractivity contribution < 1.29 is 0 Å². The van der Waals surface area contributed by atoms with Gasteiger partial charge in [0.05, 0.1) is 5.69 Å². The van der Waals surface area contributed by atoms with E-state index >= 15 is 0 Å². The molecular formula is C23H23N3. The van der Waals surface area contributed by atoms with Crippen molar-refractivity contribution in [3.63, 3.8) is 0 Å². The highest BCUT2D eigenvalue weighted by atomic mass is 15.1. The van der Waals surface area contributed by atoms with Crippen LogP contribution >= 0.6 is 0 Å². The van der Waals surface area contributed by atoms with Gasteiger partial charge in [0.2, 0.25) is 0 Å². The first-order valence-corrected chi connectivity index (χ1v) is 9.04. The molecule has 3 nitrogen and oxygen atoms in total. The van der Waals surface area contributed by atoms with Crippen LogP contribution in [0, 0.1) is 6.92 Å². The molecule has 2 aromatic carbocycles. The maximum atomic E-state index is 4.94. The summed E-state index contributed by atoms with van der Waals surface area (Å²) < 4.78 is 2.17. The number of fused-ring (bicyclic) bond motifs is 1. The summed E-state index contributed by atoms with van der Waals surface area (Å²) in [4.78, 5) is 4.94. The maximum Gasteiger partial charge on any atom is 0.138 e. The van der Waals surface area contributed by atoms with Crippen LogP contribution in [-0.2, 0) is 6.54 Å². The molecule has 0 spiro atoms. The molecule has 0 amide bonds. The van der Waals surface area contributed by atoms with E-state index in [1.165, 1.54) is 16.7 Å². The van der Waals surface area contributed by atoms with E-state index in [0.29, 0.717) is 0 Å². The highest BCUT2D eigenvalue weighted by Crippen LogP contribution is 2.31. The molecule has 130 valence electrons. The highest BCUT2D eigenvalue weighted by molar-refractivity contribution is 5.58. The van der Waals surface area contributed by atoms with E-state index in [2.05, 4.69) is 96.5 Å². The molecule has 2 aromatic heterocycles. The molecule has 1 atom stereocenters. The van der Waals surface area contributed by atoms with Crippen molar-refractivity contribution in [2.24, 2.45) is 0 Å². The van der Waals surface area contributed by atoms with Crippen molar-refractivity contribution in [2.75, 3.05) is 5.32 Å². The number of hydrogen-bond donors (Lipinski definition) is 1. The molecule has 0 saturated carbocycles. The largest absolute Gasteiger partial charge is 0.366 e. The predicted molar refractivity (Wildman–Crippen MR) is 108 cm³/mol. The molecule has 0 saturated heterocycles. The molecule has 0 aliphatic heterocycles. The first-order chi connectivity index (χ1) is 12.7. The molecule has 4 rings (SSSR count). The number of benzene rings is 2. The van der Waals surface area contributed by atoms with E-state index in [-0.39, 0.29) is 5.92 Å². The van der Waals surface area contributed by atoms with E-state index < -0.39 is 0 Å². The highest BCUT2D eigenvalue weighted by Gasteiger charge is 2.19. The summed E-state index contributed by atoms with van der Waals surface area (Å²) in [6, 6.07) is 25.2. The Labute approximate surface area is 154 Å². The van der Waals surface area contributed by atoms with E-state index in [1.54, 1.807) is 0 Å². The second-order valence-electron chi connectivity index (χ2n) is 6.75. The average molecular weight is 341 g/mol. The van der Waals surface area contributed by atoms with Gasteiger partial charge in [-0.05, 0) is 29.7 Å². The Hall–Kier alpha value is -3.07. The number of rotatable bonds is 5. The number of hydrogen-bond acceptors (Lipinski definition) is 2. The average Bonchev–Trinajstić information content (AvgIpc) is 3.05. The molecular weight excluding hydrogens is 318 g/mol. The smallest absolute Gasteiger partial charge is 0.138 e. The van der Waals surface area contributed by atoms with Gasteiger partial charge in [-0.15, -0.1) is 0 Å². The summed E-state index contributed by atoms with van der Waals surface area (Å²) in [6.45, 7) is 5.11. The van der Waals surface area contributed by atoms with Crippen LogP contribution < -0.4 is 5.32 Å². The third kappa shape index (κ3) is 3.21. The first kappa shape index (κ1) is 16.4. The number of imidazole rings is 1. The minimum atomic E-state index is 0.217. The lowest BCUT2D eigenvalue weighted by Crippen LogP contribution is -2.07. The van der Waals surface area contributed by atoms with Crippen LogP contribution in [0.25, 0.3) is 5.65 Å². The summed E-state index contributed by atoms with van der Waals surface area (Å²) in [5.41, 5.74) is 5.81. The van der Waals surface area contributed by atoms with Gasteiger partial charge in [-0.1, -0.05) is 73.7 Å². The Balaban J connectivity index is 1.76. The fourth-order valence-electron chi connectivity index (χ4n) is 3.33. The molecule has 2 heterocycles. The molecule has 1 unspecified atom stereocenters. The van der Waals surface area contributed by atoms with Gasteiger partial charge in [-0.2, -0.15) is 0 Å². The van der Waals surface area contributed by atoms with Gasteiger partial charge in [0.15, 0.2) is 0 Å². The SMILES string of the molecule is Cc1ccc2nc(C(C)c3ccccc3)c(NCc3ccccc3)n2c1. The molecule has 0 bridgehead atoms. The summed E-state index contributed by atoms with van der Waals surface area (Å²) in [5, 5.41) is 3.63. The fraction of sp³-hybridized carbons (Fsp3) is 0.174. The topological polar surface area (TPSA) is 29.3 Å². The van der Waals surface area contributed by atoms with E-state index in [1.807, 2.05) is 6.07 Å². The number of pyridine rings is 1. The lowest BCUT2D eigenvalue weighted by atomic mass is 9.98. The number of anilines is 1. The predicted octanol–water partition coefficient (Wildman–Crippen LogP) is 5.41. The van der Waals surface area contributed by atoms with E-state index in [4.69, 9.17) is 4.98 Å². The second-order valence-corrected chi connectivity index (χ2v) is 6.75. The van der Waals surface area contributed by atoms with Gasteiger partial charge in [0.1, 0.15) is 11.5 Å². The van der Waals surface area contributed by atoms with Gasteiger partial charge in [-0.25, -0.2) is 4.98 Å². The fourth-order valence-corrected chi connectivity index (χ4v) is 3.33. The lowest BCUT2D eigenvalue weighted by Gasteiger charge is -2.14. The van der Waals surface area contributed by atoms with Gasteiger partial charge < -0.3 is 5.32 Å². The molecule has 1 N–H and O–H groups in total. The number of aromatic nitrogens is 2. The minimum Gasteiger partial charge on any atom is -0.366 e. The van der Waals surface area contributed by atoms with Crippen LogP contribution in [0.3, 0.4) is 0 Å². The van der Waals surface area contributed by atoms with Crippen LogP contribution in [-0.4, -0.2) is 9.38 Å². The Bertz CT molecular complexity index is 1000. The lowest BCUT2D eigenvalue weighted by molar-refractivity contribution is 0.882. The van der Waals surface area contributed by atoms with Crippen molar-refractivity contribution in [3.05, 3.63) is 101 Å². The Kier molecular flexibility index (Phi) is 4.44. The van der Waals surface area contributed by atoms with Crippen LogP contribution in [0.5, 0.6) is 0 Å². The van der Waals surface area contributed by atoms with Crippen molar-refractivity contribution >= 4 is 11.5 Å². The zero-order valence-corrected chi connectivity index (χ0v) is 15.2. The van der Waals surface area contributed by atoms with Gasteiger partial charge in [0.25, 0.3) is 0 Å². The number of nitrogens with zero attached hydrogens (tertiary/aromatic N) is 2. The summed E-state index contributed by atoms with van der Waals surface area (Å²) in [5.74, 6) is 1.29. The van der Waals surface area contributed by atoms with Gasteiger partial charge >= 0.3 is 0 Å². The molecule has 26 heavy (non-hydrogen) atoms. The van der Waals surface area contributed by atoms with Crippen LogP contribution in [0.2, 0.25) is 0 Å². The van der Waals surface area contributed by atoms with Crippen molar-refractivity contribution in [1.82, 2.24) is 9.38 Å². The zero-order chi connectivity index (χ0) is 17.9. The molecule has 4 aromatic rings. The summed E-state index contributed by atoms with van der Waals surface area (Å²) >= 11 is 0. The van der Waals surface area contributed by atoms with Gasteiger partial charge in [-0.3, -0.25) is 4.40 Å². The van der Waals surface area contributed by atoms with Crippen molar-refractivity contribution in [2.45, 2.75) is 26.3 Å². The Morgan fingerprint density at radius 2 is 1.62 bits per heavy atom. The molecule has 0 aliphatic carbocycles. The standard InChI is InChI=1S/C23H23N3/c1-17-13-14-21-25-22(18(2)20-11-7-4-8-12-20)23(26(21)16-17)24-15-19-9-5-3-6-10-19/h3-14,16,18,24H,15H2,1-2H3.